The van der Waals surface area contributed by atoms with Gasteiger partial charge in [-0.15, -0.1) is 0 Å². The van der Waals surface area contributed by atoms with Gasteiger partial charge in [-0.2, -0.15) is 11.8 Å². The highest BCUT2D eigenvalue weighted by Crippen LogP contribution is 1.92. The van der Waals surface area contributed by atoms with Gasteiger partial charge in [0.05, 0.1) is 0 Å². The normalized spacial score (nSPS) is 9.47. The molecule has 0 unspecified atom stereocenters. The van der Waals surface area contributed by atoms with Gasteiger partial charge in [-0.05, 0) is 30.6 Å². The van der Waals surface area contributed by atoms with Crippen molar-refractivity contribution in [2.45, 2.75) is 13.3 Å². The molecule has 0 aromatic carbocycles. The highest BCUT2D eigenvalue weighted by Gasteiger charge is 1.94. The second-order valence-electron chi connectivity index (χ2n) is 3.01. The lowest BCUT2D eigenvalue weighted by Gasteiger charge is -2.10. The first-order valence-electron chi connectivity index (χ1n) is 4.92. The van der Waals surface area contributed by atoms with E-state index < -0.39 is 0 Å². The van der Waals surface area contributed by atoms with E-state index in [2.05, 4.69) is 22.2 Å². The van der Waals surface area contributed by atoms with E-state index in [1.54, 1.807) is 0 Å². The van der Waals surface area contributed by atoms with E-state index in [0.29, 0.717) is 18.2 Å². The molecule has 0 aromatic rings. The average molecular weight is 249 g/mol. The molecular weight excluding hydrogens is 230 g/mol. The Bertz CT molecular complexity index is 200. The summed E-state index contributed by atoms with van der Waals surface area (Å²) in [6.07, 6.45) is 3.19. The van der Waals surface area contributed by atoms with Crippen LogP contribution in [0.3, 0.4) is 0 Å². The number of carbonyl (C=O) groups excluding carboxylic acids is 1. The quantitative estimate of drug-likeness (QED) is 0.449. The summed E-state index contributed by atoms with van der Waals surface area (Å²) in [5.74, 6) is 1.12. The number of hydrogen-bond acceptors (Lipinski definition) is 3. The summed E-state index contributed by atoms with van der Waals surface area (Å²) in [5.41, 5.74) is 0. The molecule has 0 rings (SSSR count). The predicted octanol–water partition coefficient (Wildman–Crippen LogP) is 0.340. The zero-order valence-corrected chi connectivity index (χ0v) is 10.9. The van der Waals surface area contributed by atoms with Gasteiger partial charge in [-0.25, -0.2) is 0 Å². The van der Waals surface area contributed by atoms with Gasteiger partial charge in [0, 0.05) is 26.6 Å². The molecule has 0 aliphatic heterocycles. The van der Waals surface area contributed by atoms with Crippen molar-refractivity contribution in [1.29, 1.82) is 0 Å². The van der Waals surface area contributed by atoms with Crippen molar-refractivity contribution in [2.75, 3.05) is 31.6 Å². The Labute approximate surface area is 101 Å². The summed E-state index contributed by atoms with van der Waals surface area (Å²) in [6.45, 7) is 3.65. The van der Waals surface area contributed by atoms with Crippen molar-refractivity contribution in [3.63, 3.8) is 0 Å². The second-order valence-corrected chi connectivity index (χ2v) is 4.41. The van der Waals surface area contributed by atoms with E-state index in [9.17, 15) is 4.79 Å². The fourth-order valence-corrected chi connectivity index (χ4v) is 1.53. The van der Waals surface area contributed by atoms with E-state index in [1.807, 2.05) is 11.8 Å². The van der Waals surface area contributed by atoms with Gasteiger partial charge in [0.25, 0.3) is 0 Å². The van der Waals surface area contributed by atoms with Gasteiger partial charge in [0.2, 0.25) is 5.91 Å². The summed E-state index contributed by atoms with van der Waals surface area (Å²) < 4.78 is 0. The Kier molecular flexibility index (Phi) is 9.71. The highest BCUT2D eigenvalue weighted by molar-refractivity contribution is 7.98. The average Bonchev–Trinajstić information content (AvgIpc) is 2.19. The van der Waals surface area contributed by atoms with E-state index >= 15 is 0 Å². The SMILES string of the molecule is CSCCCNC(=S)NCCNC(C)=O. The topological polar surface area (TPSA) is 53.2 Å². The number of thioether (sulfide) groups is 1. The van der Waals surface area contributed by atoms with Crippen LogP contribution in [0.25, 0.3) is 0 Å². The third-order valence-corrected chi connectivity index (χ3v) is 2.58. The predicted molar refractivity (Wildman–Crippen MR) is 70.3 cm³/mol. The molecule has 0 aliphatic rings. The van der Waals surface area contributed by atoms with Crippen LogP contribution in [0.1, 0.15) is 13.3 Å². The van der Waals surface area contributed by atoms with Gasteiger partial charge < -0.3 is 16.0 Å². The first-order valence-corrected chi connectivity index (χ1v) is 6.72. The van der Waals surface area contributed by atoms with Crippen LogP contribution in [0.4, 0.5) is 0 Å². The van der Waals surface area contributed by atoms with E-state index in [4.69, 9.17) is 12.2 Å². The summed E-state index contributed by atoms with van der Waals surface area (Å²) in [6, 6.07) is 0. The first kappa shape index (κ1) is 14.5. The van der Waals surface area contributed by atoms with Crippen LogP contribution in [-0.4, -0.2) is 42.7 Å². The maximum absolute atomic E-state index is 10.5. The minimum atomic E-state index is -0.0179. The van der Waals surface area contributed by atoms with Crippen LogP contribution < -0.4 is 16.0 Å². The van der Waals surface area contributed by atoms with Crippen LogP contribution in [0.5, 0.6) is 0 Å². The molecule has 88 valence electrons. The molecule has 0 aromatic heterocycles. The fourth-order valence-electron chi connectivity index (χ4n) is 0.895. The maximum atomic E-state index is 10.5. The minimum absolute atomic E-state index is 0.0179. The molecule has 0 aliphatic carbocycles. The Morgan fingerprint density at radius 2 is 1.80 bits per heavy atom. The smallest absolute Gasteiger partial charge is 0.216 e. The third-order valence-electron chi connectivity index (χ3n) is 1.60. The van der Waals surface area contributed by atoms with E-state index in [-0.39, 0.29) is 5.91 Å². The molecule has 0 bridgehead atoms. The lowest BCUT2D eigenvalue weighted by atomic mass is 10.5. The van der Waals surface area contributed by atoms with Gasteiger partial charge in [-0.1, -0.05) is 0 Å². The molecule has 0 saturated carbocycles. The Balaban J connectivity index is 3.22. The van der Waals surface area contributed by atoms with E-state index in [0.717, 1.165) is 18.7 Å². The third kappa shape index (κ3) is 11.4. The molecule has 0 fully saturated rings. The maximum Gasteiger partial charge on any atom is 0.216 e. The molecule has 0 radical (unpaired) electrons. The van der Waals surface area contributed by atoms with Crippen molar-refractivity contribution in [3.8, 4) is 0 Å². The summed E-state index contributed by atoms with van der Waals surface area (Å²) in [4.78, 5) is 10.5. The summed E-state index contributed by atoms with van der Waals surface area (Å²) in [5, 5.41) is 9.45. The van der Waals surface area contributed by atoms with Crippen LogP contribution in [0.15, 0.2) is 0 Å². The van der Waals surface area contributed by atoms with Crippen molar-refractivity contribution in [1.82, 2.24) is 16.0 Å². The molecule has 1 amide bonds. The number of hydrogen-bond donors (Lipinski definition) is 3. The second kappa shape index (κ2) is 10.0. The van der Waals surface area contributed by atoms with E-state index in [1.165, 1.54) is 6.92 Å². The zero-order valence-electron chi connectivity index (χ0n) is 9.26. The molecule has 4 nitrogen and oxygen atoms in total. The standard InChI is InChI=1S/C9H19N3OS2/c1-8(13)10-5-6-12-9(14)11-4-3-7-15-2/h3-7H2,1-2H3,(H,10,13)(H2,11,12,14). The van der Waals surface area contributed by atoms with Crippen LogP contribution >= 0.6 is 24.0 Å². The summed E-state index contributed by atoms with van der Waals surface area (Å²) >= 11 is 6.87. The first-order chi connectivity index (χ1) is 7.16. The van der Waals surface area contributed by atoms with Crippen LogP contribution in [0, 0.1) is 0 Å². The molecule has 0 atom stereocenters. The van der Waals surface area contributed by atoms with Crippen molar-refractivity contribution in [2.24, 2.45) is 0 Å². The number of amides is 1. The Morgan fingerprint density at radius 1 is 1.20 bits per heavy atom. The van der Waals surface area contributed by atoms with Crippen LogP contribution in [0.2, 0.25) is 0 Å². The molecule has 0 spiro atoms. The monoisotopic (exact) mass is 249 g/mol. The summed E-state index contributed by atoms with van der Waals surface area (Å²) in [7, 11) is 0. The Hall–Kier alpha value is -0.490. The highest BCUT2D eigenvalue weighted by atomic mass is 32.2. The number of nitrogens with one attached hydrogen (secondary N) is 3. The zero-order chi connectivity index (χ0) is 11.5. The van der Waals surface area contributed by atoms with Gasteiger partial charge in [0.15, 0.2) is 5.11 Å². The number of thiocarbonyl (C=S) groups is 1. The molecule has 0 heterocycles. The van der Waals surface area contributed by atoms with Crippen molar-refractivity contribution in [3.05, 3.63) is 0 Å². The molecule has 3 N–H and O–H groups in total. The molecule has 0 saturated heterocycles. The Morgan fingerprint density at radius 3 is 2.40 bits per heavy atom. The largest absolute Gasteiger partial charge is 0.363 e. The lowest BCUT2D eigenvalue weighted by Crippen LogP contribution is -2.40. The van der Waals surface area contributed by atoms with Gasteiger partial charge in [-0.3, -0.25) is 4.79 Å². The minimum Gasteiger partial charge on any atom is -0.363 e. The van der Waals surface area contributed by atoms with Crippen LogP contribution in [-0.2, 0) is 4.79 Å². The van der Waals surface area contributed by atoms with Crippen molar-refractivity contribution < 1.29 is 4.79 Å². The molecular formula is C9H19N3OS2. The lowest BCUT2D eigenvalue weighted by molar-refractivity contribution is -0.118. The number of rotatable bonds is 7. The molecule has 6 heteroatoms. The number of carbonyl (C=O) groups is 1. The fraction of sp³-hybridized carbons (Fsp3) is 0.778. The van der Waals surface area contributed by atoms with Gasteiger partial charge in [0.1, 0.15) is 0 Å². The van der Waals surface area contributed by atoms with Gasteiger partial charge >= 0.3 is 0 Å². The molecule has 15 heavy (non-hydrogen) atoms. The van der Waals surface area contributed by atoms with Crippen molar-refractivity contribution >= 4 is 35.0 Å².